The highest BCUT2D eigenvalue weighted by Crippen LogP contribution is 2.36. The molecule has 0 N–H and O–H groups in total. The van der Waals surface area contributed by atoms with Gasteiger partial charge in [0.2, 0.25) is 0 Å². The van der Waals surface area contributed by atoms with Crippen LogP contribution < -0.4 is 14.3 Å². The van der Waals surface area contributed by atoms with Gasteiger partial charge in [0.25, 0.3) is 0 Å². The van der Waals surface area contributed by atoms with Gasteiger partial charge in [0.05, 0.1) is 18.8 Å². The van der Waals surface area contributed by atoms with Crippen LogP contribution in [-0.2, 0) is 23.7 Å². The van der Waals surface area contributed by atoms with Gasteiger partial charge in [-0.2, -0.15) is 0 Å². The number of ether oxygens (including phenoxy) is 6. The summed E-state index contributed by atoms with van der Waals surface area (Å²) in [5, 5.41) is 0. The minimum absolute atomic E-state index is 0.0415. The van der Waals surface area contributed by atoms with Crippen LogP contribution in [0.2, 0.25) is 0 Å². The largest absolute Gasteiger partial charge is 0.493 e. The van der Waals surface area contributed by atoms with E-state index in [-0.39, 0.29) is 36.4 Å². The summed E-state index contributed by atoms with van der Waals surface area (Å²) in [6, 6.07) is 9.00. The van der Waals surface area contributed by atoms with E-state index in [0.717, 1.165) is 6.19 Å². The summed E-state index contributed by atoms with van der Waals surface area (Å²) in [4.78, 5) is 31.0. The third kappa shape index (κ3) is 9.42. The Morgan fingerprint density at radius 2 is 1.91 bits per heavy atom. The fraction of sp³-hybridized carbons (Fsp3) is 0.500. The van der Waals surface area contributed by atoms with Crippen LogP contribution in [0.1, 0.15) is 63.4 Å². The maximum atomic E-state index is 13.7. The molecule has 4 rings (SSSR count). The van der Waals surface area contributed by atoms with Crippen molar-refractivity contribution in [2.24, 2.45) is 11.8 Å². The summed E-state index contributed by atoms with van der Waals surface area (Å²) in [7, 11) is 2.96. The summed E-state index contributed by atoms with van der Waals surface area (Å²) in [6.07, 6.45) is 10.9. The quantitative estimate of drug-likeness (QED) is 0.0804. The number of hydrogen-bond acceptors (Lipinski definition) is 10. The molecule has 3 heterocycles. The number of fused-ring (bicyclic) bond motifs is 2. The number of benzene rings is 1. The number of methoxy groups -OCH3 is 1. The number of nitrogens with zero attached hydrogens (tertiary/aromatic N) is 2. The summed E-state index contributed by atoms with van der Waals surface area (Å²) >= 11 is 0. The molecule has 0 aliphatic carbocycles. The zero-order valence-electron chi connectivity index (χ0n) is 27.0. The Balaban J connectivity index is 1.61. The van der Waals surface area contributed by atoms with E-state index in [4.69, 9.17) is 28.4 Å². The van der Waals surface area contributed by atoms with E-state index >= 15 is 0 Å². The van der Waals surface area contributed by atoms with Crippen molar-refractivity contribution >= 4 is 31.5 Å². The number of anilines is 1. The zero-order chi connectivity index (χ0) is 32.4. The van der Waals surface area contributed by atoms with Crippen LogP contribution in [0, 0.1) is 11.8 Å². The van der Waals surface area contributed by atoms with Gasteiger partial charge in [0.1, 0.15) is 35.2 Å². The van der Waals surface area contributed by atoms with Crippen LogP contribution in [-0.4, -0.2) is 75.7 Å². The molecule has 0 saturated carbocycles. The molecule has 10 nitrogen and oxygen atoms in total. The van der Waals surface area contributed by atoms with Crippen LogP contribution in [0.4, 0.5) is 5.82 Å². The molecule has 0 spiro atoms. The summed E-state index contributed by atoms with van der Waals surface area (Å²) in [5.41, 5.74) is 0.870. The minimum Gasteiger partial charge on any atom is -0.493 e. The molecule has 1 aromatic heterocycles. The third-order valence-corrected chi connectivity index (χ3v) is 7.80. The summed E-state index contributed by atoms with van der Waals surface area (Å²) in [5.74, 6) is 0.328. The molecule has 2 aliphatic rings. The van der Waals surface area contributed by atoms with Crippen molar-refractivity contribution in [2.75, 3.05) is 31.9 Å². The normalized spacial score (nSPS) is 25.2. The number of aromatic nitrogens is 1. The number of esters is 1. The summed E-state index contributed by atoms with van der Waals surface area (Å²) < 4.78 is 35.7. The standard InChI is InChI=1S/C34H44BN2O8/c1-23-14-15-24(2)32-28(44-34(4,5)45-32)12-9-11-26-19-27(20-29(42-22-40-6)31(26)33(39)43-25(23)3)41-18-10-17-37(35-21-38)30-13-7-8-16-36-30/h7-9,11,13-16,19-21,23-25,28,32H,10,12,17-18,22H2,1-6H3/b11-9?,15-14-/t23-,24?,25+,28?,32?/m1/s1. The lowest BCUT2D eigenvalue weighted by atomic mass is 9.94. The van der Waals surface area contributed by atoms with E-state index in [0.29, 0.717) is 48.9 Å². The molecule has 0 bridgehead atoms. The minimum atomic E-state index is -0.701. The van der Waals surface area contributed by atoms with Crippen LogP contribution >= 0.6 is 0 Å². The van der Waals surface area contributed by atoms with E-state index in [1.807, 2.05) is 58.0 Å². The molecule has 2 aromatic rings. The van der Waals surface area contributed by atoms with Gasteiger partial charge < -0.3 is 38.0 Å². The Morgan fingerprint density at radius 3 is 2.64 bits per heavy atom. The molecule has 241 valence electrons. The first-order chi connectivity index (χ1) is 21.6. The van der Waals surface area contributed by atoms with Gasteiger partial charge in [-0.15, -0.1) is 0 Å². The monoisotopic (exact) mass is 619 g/mol. The Labute approximate surface area is 266 Å². The number of rotatable bonds is 11. The predicted molar refractivity (Wildman–Crippen MR) is 173 cm³/mol. The Morgan fingerprint density at radius 1 is 1.11 bits per heavy atom. The van der Waals surface area contributed by atoms with Gasteiger partial charge in [0.15, 0.2) is 12.6 Å². The molecular formula is C34H44BN2O8. The molecule has 1 saturated heterocycles. The van der Waals surface area contributed by atoms with Crippen LogP contribution in [0.25, 0.3) is 6.08 Å². The Hall–Kier alpha value is -3.67. The second kappa shape index (κ2) is 16.1. The van der Waals surface area contributed by atoms with Gasteiger partial charge in [-0.1, -0.05) is 44.2 Å². The van der Waals surface area contributed by atoms with Crippen molar-refractivity contribution in [1.29, 1.82) is 0 Å². The van der Waals surface area contributed by atoms with Crippen molar-refractivity contribution in [3.05, 3.63) is 65.9 Å². The van der Waals surface area contributed by atoms with Gasteiger partial charge in [0, 0.05) is 37.8 Å². The van der Waals surface area contributed by atoms with E-state index in [2.05, 4.69) is 24.1 Å². The molecule has 2 aliphatic heterocycles. The highest BCUT2D eigenvalue weighted by Gasteiger charge is 2.42. The average molecular weight is 620 g/mol. The van der Waals surface area contributed by atoms with Crippen LogP contribution in [0.5, 0.6) is 11.5 Å². The predicted octanol–water partition coefficient (Wildman–Crippen LogP) is 5.46. The molecule has 1 aromatic carbocycles. The van der Waals surface area contributed by atoms with E-state index in [9.17, 15) is 9.59 Å². The Bertz CT molecular complexity index is 1330. The van der Waals surface area contributed by atoms with Crippen molar-refractivity contribution in [1.82, 2.24) is 4.98 Å². The molecular weight excluding hydrogens is 575 g/mol. The fourth-order valence-corrected chi connectivity index (χ4v) is 5.34. The van der Waals surface area contributed by atoms with E-state index < -0.39 is 17.9 Å². The molecule has 3 unspecified atom stereocenters. The molecule has 11 heteroatoms. The molecule has 0 amide bonds. The van der Waals surface area contributed by atoms with Gasteiger partial charge >= 0.3 is 13.4 Å². The van der Waals surface area contributed by atoms with Gasteiger partial charge in [-0.3, -0.25) is 0 Å². The maximum Gasteiger partial charge on any atom is 0.342 e. The number of carbonyl (C=O) groups is 2. The highest BCUT2D eigenvalue weighted by molar-refractivity contribution is 6.70. The SMILES string of the molecule is COCOc1cc(OCCCN([B]C=O)c2ccccn2)cc2c1C(=O)O[C@@H](C)[C@H](C)/C=C\C(C)C1OC(C)(C)OC1CC=C2. The van der Waals surface area contributed by atoms with Crippen molar-refractivity contribution in [3.8, 4) is 11.5 Å². The maximum absolute atomic E-state index is 13.7. The first-order valence-corrected chi connectivity index (χ1v) is 15.4. The van der Waals surface area contributed by atoms with Gasteiger partial charge in [-0.05, 0) is 57.4 Å². The number of hydrogen-bond donors (Lipinski definition) is 0. The number of pyridine rings is 1. The average Bonchev–Trinajstić information content (AvgIpc) is 3.33. The van der Waals surface area contributed by atoms with Crippen molar-refractivity contribution in [3.63, 3.8) is 0 Å². The van der Waals surface area contributed by atoms with E-state index in [1.165, 1.54) is 14.5 Å². The summed E-state index contributed by atoms with van der Waals surface area (Å²) in [6.45, 7) is 10.7. The lowest BCUT2D eigenvalue weighted by Crippen LogP contribution is -2.31. The lowest BCUT2D eigenvalue weighted by Gasteiger charge is -2.23. The van der Waals surface area contributed by atoms with Crippen molar-refractivity contribution in [2.45, 2.75) is 71.6 Å². The van der Waals surface area contributed by atoms with Crippen molar-refractivity contribution < 1.29 is 38.0 Å². The fourth-order valence-electron chi connectivity index (χ4n) is 5.34. The van der Waals surface area contributed by atoms with Crippen LogP contribution in [0.15, 0.2) is 54.8 Å². The third-order valence-electron chi connectivity index (χ3n) is 7.80. The second-order valence-corrected chi connectivity index (χ2v) is 11.8. The Kier molecular flexibility index (Phi) is 12.2. The van der Waals surface area contributed by atoms with Crippen LogP contribution in [0.3, 0.4) is 0 Å². The topological polar surface area (TPSA) is 106 Å². The molecule has 1 fully saturated rings. The first kappa shape index (κ1) is 34.2. The molecule has 1 radical (unpaired) electrons. The highest BCUT2D eigenvalue weighted by atomic mass is 16.8. The van der Waals surface area contributed by atoms with E-state index in [1.54, 1.807) is 23.1 Å². The first-order valence-electron chi connectivity index (χ1n) is 15.4. The number of carbonyl (C=O) groups excluding carboxylic acids is 2. The second-order valence-electron chi connectivity index (χ2n) is 11.8. The number of cyclic esters (lactones) is 1. The van der Waals surface area contributed by atoms with Gasteiger partial charge in [-0.25, -0.2) is 9.78 Å². The smallest absolute Gasteiger partial charge is 0.342 e. The zero-order valence-corrected chi connectivity index (χ0v) is 27.0. The lowest BCUT2D eigenvalue weighted by molar-refractivity contribution is -0.148. The molecule has 5 atom stereocenters. The molecule has 45 heavy (non-hydrogen) atoms.